The van der Waals surface area contributed by atoms with Crippen LogP contribution < -0.4 is 0 Å². The lowest BCUT2D eigenvalue weighted by molar-refractivity contribution is 0.122. The molecule has 0 aromatic heterocycles. The molecule has 0 saturated heterocycles. The van der Waals surface area contributed by atoms with Gasteiger partial charge in [-0.3, -0.25) is 5.41 Å². The highest BCUT2D eigenvalue weighted by atomic mass is 19.3. The Kier molecular flexibility index (Phi) is 2.42. The number of hydrogen-bond acceptors (Lipinski definition) is 1. The van der Waals surface area contributed by atoms with Gasteiger partial charge in [0.25, 0.3) is 6.43 Å². The molecule has 64 valence electrons. The smallest absolute Gasteiger partial charge is 0.255 e. The molecule has 0 unspecified atom stereocenters. The van der Waals surface area contributed by atoms with Crippen LogP contribution in [-0.4, -0.2) is 30.8 Å². The Hall–Kier alpha value is -0.670. The Labute approximate surface area is 64.7 Å². The standard InChI is InChI=1S/C7H12F2N2/c1-11(4-6(8)9)7(10)5-2-3-5/h5-6,10H,2-4H2,1H3. The van der Waals surface area contributed by atoms with Crippen LogP contribution in [0.25, 0.3) is 0 Å². The average molecular weight is 162 g/mol. The quantitative estimate of drug-likeness (QED) is 0.495. The summed E-state index contributed by atoms with van der Waals surface area (Å²) >= 11 is 0. The van der Waals surface area contributed by atoms with Crippen LogP contribution in [-0.2, 0) is 0 Å². The van der Waals surface area contributed by atoms with E-state index in [1.807, 2.05) is 0 Å². The van der Waals surface area contributed by atoms with E-state index in [1.165, 1.54) is 4.90 Å². The minimum absolute atomic E-state index is 0.263. The second-order valence-corrected chi connectivity index (χ2v) is 2.93. The van der Waals surface area contributed by atoms with Gasteiger partial charge in [-0.1, -0.05) is 0 Å². The summed E-state index contributed by atoms with van der Waals surface area (Å²) in [5, 5.41) is 7.40. The topological polar surface area (TPSA) is 27.1 Å². The highest BCUT2D eigenvalue weighted by Gasteiger charge is 2.29. The number of alkyl halides is 2. The first-order chi connectivity index (χ1) is 5.11. The number of hydrogen-bond donors (Lipinski definition) is 1. The molecule has 0 aromatic rings. The van der Waals surface area contributed by atoms with Gasteiger partial charge in [-0.05, 0) is 12.8 Å². The fraction of sp³-hybridized carbons (Fsp3) is 0.857. The lowest BCUT2D eigenvalue weighted by Gasteiger charge is -2.18. The van der Waals surface area contributed by atoms with Gasteiger partial charge in [0.15, 0.2) is 0 Å². The van der Waals surface area contributed by atoms with Crippen molar-refractivity contribution in [3.05, 3.63) is 0 Å². The third-order valence-corrected chi connectivity index (χ3v) is 1.79. The molecule has 1 rings (SSSR count). The van der Waals surface area contributed by atoms with Crippen molar-refractivity contribution in [2.24, 2.45) is 5.92 Å². The molecule has 1 N–H and O–H groups in total. The molecule has 0 spiro atoms. The number of nitrogens with one attached hydrogen (secondary N) is 1. The van der Waals surface area contributed by atoms with Crippen LogP contribution in [0.3, 0.4) is 0 Å². The van der Waals surface area contributed by atoms with E-state index in [2.05, 4.69) is 0 Å². The molecule has 0 amide bonds. The zero-order valence-electron chi connectivity index (χ0n) is 6.48. The molecule has 11 heavy (non-hydrogen) atoms. The van der Waals surface area contributed by atoms with E-state index in [0.717, 1.165) is 12.8 Å². The van der Waals surface area contributed by atoms with E-state index in [1.54, 1.807) is 7.05 Å². The summed E-state index contributed by atoms with van der Waals surface area (Å²) in [5.41, 5.74) is 0. The molecule has 4 heteroatoms. The van der Waals surface area contributed by atoms with Crippen LogP contribution in [0.5, 0.6) is 0 Å². The van der Waals surface area contributed by atoms with E-state index >= 15 is 0 Å². The predicted molar refractivity (Wildman–Crippen MR) is 39.1 cm³/mol. The number of amidine groups is 1. The van der Waals surface area contributed by atoms with Crippen LogP contribution in [0.4, 0.5) is 8.78 Å². The molecule has 1 fully saturated rings. The van der Waals surface area contributed by atoms with Crippen molar-refractivity contribution < 1.29 is 8.78 Å². The maximum atomic E-state index is 11.8. The Morgan fingerprint density at radius 3 is 2.55 bits per heavy atom. The second-order valence-electron chi connectivity index (χ2n) is 2.93. The molecule has 1 aliphatic rings. The molecule has 0 aliphatic heterocycles. The summed E-state index contributed by atoms with van der Waals surface area (Å²) in [4.78, 5) is 1.34. The van der Waals surface area contributed by atoms with Gasteiger partial charge in [-0.15, -0.1) is 0 Å². The zero-order chi connectivity index (χ0) is 8.43. The summed E-state index contributed by atoms with van der Waals surface area (Å²) in [5.74, 6) is 0.629. The van der Waals surface area contributed by atoms with E-state index in [9.17, 15) is 8.78 Å². The summed E-state index contributed by atoms with van der Waals surface area (Å²) in [6, 6.07) is 0. The summed E-state index contributed by atoms with van der Waals surface area (Å²) in [6.45, 7) is -0.310. The third-order valence-electron chi connectivity index (χ3n) is 1.79. The Bertz CT molecular complexity index is 155. The lowest BCUT2D eigenvalue weighted by Crippen LogP contribution is -2.31. The average Bonchev–Trinajstić information content (AvgIpc) is 2.65. The van der Waals surface area contributed by atoms with Gasteiger partial charge in [0.2, 0.25) is 0 Å². The molecule has 0 heterocycles. The van der Waals surface area contributed by atoms with Crippen LogP contribution in [0, 0.1) is 11.3 Å². The molecule has 1 saturated carbocycles. The fourth-order valence-electron chi connectivity index (χ4n) is 0.974. The Balaban J connectivity index is 2.27. The molecule has 1 aliphatic carbocycles. The second kappa shape index (κ2) is 3.15. The monoisotopic (exact) mass is 162 g/mol. The van der Waals surface area contributed by atoms with E-state index in [0.29, 0.717) is 5.84 Å². The van der Waals surface area contributed by atoms with Crippen LogP contribution in [0.1, 0.15) is 12.8 Å². The van der Waals surface area contributed by atoms with Crippen molar-refractivity contribution in [2.45, 2.75) is 19.3 Å². The first-order valence-corrected chi connectivity index (χ1v) is 3.69. The summed E-state index contributed by atoms with van der Waals surface area (Å²) < 4.78 is 23.6. The van der Waals surface area contributed by atoms with Gasteiger partial charge in [0.1, 0.15) is 0 Å². The lowest BCUT2D eigenvalue weighted by atomic mass is 10.3. The predicted octanol–water partition coefficient (Wildman–Crippen LogP) is 1.57. The van der Waals surface area contributed by atoms with Crippen molar-refractivity contribution >= 4 is 5.84 Å². The molecule has 0 atom stereocenters. The number of nitrogens with zero attached hydrogens (tertiary/aromatic N) is 1. The maximum Gasteiger partial charge on any atom is 0.255 e. The SMILES string of the molecule is CN(CC(F)F)C(=N)C1CC1. The molecular formula is C7H12F2N2. The minimum Gasteiger partial charge on any atom is -0.358 e. The molecule has 0 bridgehead atoms. The molecule has 0 aromatic carbocycles. The van der Waals surface area contributed by atoms with Gasteiger partial charge in [-0.2, -0.15) is 0 Å². The van der Waals surface area contributed by atoms with Gasteiger partial charge in [0, 0.05) is 13.0 Å². The minimum atomic E-state index is -2.33. The van der Waals surface area contributed by atoms with E-state index in [-0.39, 0.29) is 12.5 Å². The first kappa shape index (κ1) is 8.43. The Morgan fingerprint density at radius 2 is 2.18 bits per heavy atom. The van der Waals surface area contributed by atoms with Gasteiger partial charge in [0.05, 0.1) is 12.4 Å². The Morgan fingerprint density at radius 1 is 1.64 bits per heavy atom. The maximum absolute atomic E-state index is 11.8. The highest BCUT2D eigenvalue weighted by molar-refractivity contribution is 5.83. The van der Waals surface area contributed by atoms with Crippen LogP contribution in [0.2, 0.25) is 0 Å². The van der Waals surface area contributed by atoms with Gasteiger partial charge in [-0.25, -0.2) is 8.78 Å². The summed E-state index contributed by atoms with van der Waals surface area (Å²) in [6.07, 6.45) is -0.349. The number of rotatable bonds is 3. The number of halogens is 2. The third kappa shape index (κ3) is 2.44. The zero-order valence-corrected chi connectivity index (χ0v) is 6.48. The van der Waals surface area contributed by atoms with Crippen molar-refractivity contribution in [3.8, 4) is 0 Å². The first-order valence-electron chi connectivity index (χ1n) is 3.69. The van der Waals surface area contributed by atoms with Crippen LogP contribution >= 0.6 is 0 Å². The van der Waals surface area contributed by atoms with Gasteiger partial charge < -0.3 is 4.90 Å². The fourth-order valence-corrected chi connectivity index (χ4v) is 0.974. The molecule has 0 radical (unpaired) electrons. The molecular weight excluding hydrogens is 150 g/mol. The molecule has 2 nitrogen and oxygen atoms in total. The van der Waals surface area contributed by atoms with Crippen molar-refractivity contribution in [2.75, 3.05) is 13.6 Å². The van der Waals surface area contributed by atoms with E-state index in [4.69, 9.17) is 5.41 Å². The van der Waals surface area contributed by atoms with Crippen molar-refractivity contribution in [1.29, 1.82) is 5.41 Å². The highest BCUT2D eigenvalue weighted by Crippen LogP contribution is 2.30. The van der Waals surface area contributed by atoms with Crippen molar-refractivity contribution in [1.82, 2.24) is 4.90 Å². The van der Waals surface area contributed by atoms with Crippen molar-refractivity contribution in [3.63, 3.8) is 0 Å². The normalized spacial score (nSPS) is 17.1. The van der Waals surface area contributed by atoms with Crippen LogP contribution in [0.15, 0.2) is 0 Å². The largest absolute Gasteiger partial charge is 0.358 e. The van der Waals surface area contributed by atoms with Gasteiger partial charge >= 0.3 is 0 Å². The summed E-state index contributed by atoms with van der Waals surface area (Å²) in [7, 11) is 1.55. The van der Waals surface area contributed by atoms with E-state index < -0.39 is 6.43 Å².